The van der Waals surface area contributed by atoms with Gasteiger partial charge in [0.05, 0.1) is 5.71 Å². The van der Waals surface area contributed by atoms with Crippen molar-refractivity contribution in [2.75, 3.05) is 19.0 Å². The third-order valence-electron chi connectivity index (χ3n) is 3.99. The molecule has 0 bridgehead atoms. The average molecular weight is 323 g/mol. The van der Waals surface area contributed by atoms with Gasteiger partial charge in [-0.15, -0.1) is 0 Å². The van der Waals surface area contributed by atoms with Gasteiger partial charge in [-0.1, -0.05) is 47.6 Å². The third-order valence-corrected chi connectivity index (χ3v) is 3.99. The first-order chi connectivity index (χ1) is 11.6. The molecule has 0 fully saturated rings. The highest BCUT2D eigenvalue weighted by molar-refractivity contribution is 6.04. The molecule has 0 spiro atoms. The van der Waals surface area contributed by atoms with Crippen molar-refractivity contribution in [2.24, 2.45) is 5.16 Å². The van der Waals surface area contributed by atoms with E-state index in [0.29, 0.717) is 13.0 Å². The number of oxime groups is 1. The zero-order valence-corrected chi connectivity index (χ0v) is 13.9. The summed E-state index contributed by atoms with van der Waals surface area (Å²) in [5.41, 5.74) is 3.99. The first-order valence-corrected chi connectivity index (χ1v) is 7.95. The van der Waals surface area contributed by atoms with Crippen LogP contribution in [-0.4, -0.2) is 31.8 Å². The van der Waals surface area contributed by atoms with E-state index in [1.54, 1.807) is 0 Å². The van der Waals surface area contributed by atoms with Crippen LogP contribution in [0.4, 0.5) is 5.69 Å². The molecular weight excluding hydrogens is 302 g/mol. The standard InChI is InChI=1S/C19H21N3O2/c1-22(2)16-10-8-14(9-11-16)13-20-19(23)18-12-17(21-24-18)15-6-4-3-5-7-15/h3-11,18H,12-13H2,1-2H3,(H,20,23)/t18-/m0/s1. The molecule has 1 aliphatic heterocycles. The molecule has 2 aromatic carbocycles. The van der Waals surface area contributed by atoms with Crippen LogP contribution in [-0.2, 0) is 16.2 Å². The van der Waals surface area contributed by atoms with Gasteiger partial charge in [0.1, 0.15) is 0 Å². The van der Waals surface area contributed by atoms with Gasteiger partial charge in [0, 0.05) is 32.7 Å². The van der Waals surface area contributed by atoms with Crippen LogP contribution in [0.2, 0.25) is 0 Å². The number of amides is 1. The predicted octanol–water partition coefficient (Wildman–Crippen LogP) is 2.56. The molecule has 1 atom stereocenters. The lowest BCUT2D eigenvalue weighted by Gasteiger charge is -2.13. The SMILES string of the molecule is CN(C)c1ccc(CNC(=O)[C@@H]2CC(c3ccccc3)=NO2)cc1. The Bertz CT molecular complexity index is 724. The molecule has 5 nitrogen and oxygen atoms in total. The van der Waals surface area contributed by atoms with Crippen LogP contribution < -0.4 is 10.2 Å². The zero-order chi connectivity index (χ0) is 16.9. The van der Waals surface area contributed by atoms with Crippen molar-refractivity contribution in [3.8, 4) is 0 Å². The predicted molar refractivity (Wildman–Crippen MR) is 95.1 cm³/mol. The molecule has 1 amide bonds. The van der Waals surface area contributed by atoms with Crippen molar-refractivity contribution >= 4 is 17.3 Å². The molecule has 3 rings (SSSR count). The molecule has 0 unspecified atom stereocenters. The normalized spacial score (nSPS) is 16.2. The summed E-state index contributed by atoms with van der Waals surface area (Å²) >= 11 is 0. The molecule has 1 aliphatic rings. The minimum atomic E-state index is -0.554. The van der Waals surface area contributed by atoms with Crippen molar-refractivity contribution < 1.29 is 9.63 Å². The number of rotatable bonds is 5. The van der Waals surface area contributed by atoms with Gasteiger partial charge in [0.15, 0.2) is 0 Å². The molecular formula is C19H21N3O2. The summed E-state index contributed by atoms with van der Waals surface area (Å²) in [6.45, 7) is 0.479. The van der Waals surface area contributed by atoms with Crippen molar-refractivity contribution in [1.29, 1.82) is 0 Å². The first-order valence-electron chi connectivity index (χ1n) is 7.95. The van der Waals surface area contributed by atoms with Crippen LogP contribution in [0.15, 0.2) is 59.8 Å². The largest absolute Gasteiger partial charge is 0.382 e. The van der Waals surface area contributed by atoms with E-state index in [-0.39, 0.29) is 5.91 Å². The summed E-state index contributed by atoms with van der Waals surface area (Å²) in [7, 11) is 4.00. The Labute approximate surface area is 141 Å². The Balaban J connectivity index is 1.51. The van der Waals surface area contributed by atoms with Crippen LogP contribution >= 0.6 is 0 Å². The smallest absolute Gasteiger partial charge is 0.264 e. The lowest BCUT2D eigenvalue weighted by atomic mass is 10.0. The van der Waals surface area contributed by atoms with E-state index in [4.69, 9.17) is 4.84 Å². The summed E-state index contributed by atoms with van der Waals surface area (Å²) < 4.78 is 0. The molecule has 2 aromatic rings. The van der Waals surface area contributed by atoms with Crippen molar-refractivity contribution in [2.45, 2.75) is 19.1 Å². The van der Waals surface area contributed by atoms with Gasteiger partial charge >= 0.3 is 0 Å². The van der Waals surface area contributed by atoms with Crippen LogP contribution in [0.3, 0.4) is 0 Å². The van der Waals surface area contributed by atoms with Gasteiger partial charge in [0.2, 0.25) is 6.10 Å². The van der Waals surface area contributed by atoms with E-state index in [9.17, 15) is 4.79 Å². The van der Waals surface area contributed by atoms with E-state index >= 15 is 0 Å². The summed E-state index contributed by atoms with van der Waals surface area (Å²) in [5.74, 6) is -0.138. The summed E-state index contributed by atoms with van der Waals surface area (Å²) in [5, 5.41) is 6.96. The summed E-state index contributed by atoms with van der Waals surface area (Å²) in [6, 6.07) is 17.9. The number of hydrogen-bond donors (Lipinski definition) is 1. The van der Waals surface area contributed by atoms with Crippen LogP contribution in [0, 0.1) is 0 Å². The van der Waals surface area contributed by atoms with Gasteiger partial charge in [-0.25, -0.2) is 0 Å². The molecule has 0 radical (unpaired) electrons. The number of benzene rings is 2. The van der Waals surface area contributed by atoms with E-state index < -0.39 is 6.10 Å². The second kappa shape index (κ2) is 7.17. The number of nitrogens with zero attached hydrogens (tertiary/aromatic N) is 2. The van der Waals surface area contributed by atoms with Crippen LogP contribution in [0.5, 0.6) is 0 Å². The van der Waals surface area contributed by atoms with Crippen molar-refractivity contribution in [3.63, 3.8) is 0 Å². The van der Waals surface area contributed by atoms with Crippen LogP contribution in [0.1, 0.15) is 17.5 Å². The van der Waals surface area contributed by atoms with E-state index in [2.05, 4.69) is 10.5 Å². The Morgan fingerprint density at radius 1 is 1.17 bits per heavy atom. The maximum Gasteiger partial charge on any atom is 0.264 e. The molecule has 124 valence electrons. The zero-order valence-electron chi connectivity index (χ0n) is 13.9. The molecule has 24 heavy (non-hydrogen) atoms. The highest BCUT2D eigenvalue weighted by atomic mass is 16.6. The topological polar surface area (TPSA) is 53.9 Å². The van der Waals surface area contributed by atoms with Gasteiger partial charge in [-0.3, -0.25) is 4.79 Å². The monoisotopic (exact) mass is 323 g/mol. The highest BCUT2D eigenvalue weighted by Gasteiger charge is 2.28. The second-order valence-corrected chi connectivity index (χ2v) is 5.98. The van der Waals surface area contributed by atoms with Crippen molar-refractivity contribution in [1.82, 2.24) is 5.32 Å². The van der Waals surface area contributed by atoms with Crippen LogP contribution in [0.25, 0.3) is 0 Å². The fraction of sp³-hybridized carbons (Fsp3) is 0.263. The minimum absolute atomic E-state index is 0.138. The van der Waals surface area contributed by atoms with E-state index in [1.807, 2.05) is 73.6 Å². The maximum atomic E-state index is 12.3. The second-order valence-electron chi connectivity index (χ2n) is 5.98. The molecule has 1 N–H and O–H groups in total. The Hall–Kier alpha value is -2.82. The molecule has 0 aromatic heterocycles. The summed E-state index contributed by atoms with van der Waals surface area (Å²) in [6.07, 6.45) is -0.0589. The Kier molecular flexibility index (Phi) is 4.79. The number of nitrogens with one attached hydrogen (secondary N) is 1. The molecule has 0 aliphatic carbocycles. The number of anilines is 1. The van der Waals surface area contributed by atoms with Gasteiger partial charge < -0.3 is 15.1 Å². The quantitative estimate of drug-likeness (QED) is 0.920. The lowest BCUT2D eigenvalue weighted by molar-refractivity contribution is -0.131. The molecule has 5 heteroatoms. The minimum Gasteiger partial charge on any atom is -0.382 e. The number of carbonyl (C=O) groups excluding carboxylic acids is 1. The average Bonchev–Trinajstić information content (AvgIpc) is 3.11. The fourth-order valence-corrected chi connectivity index (χ4v) is 2.53. The van der Waals surface area contributed by atoms with E-state index in [0.717, 1.165) is 22.5 Å². The Morgan fingerprint density at radius 2 is 1.88 bits per heavy atom. The van der Waals surface area contributed by atoms with Gasteiger partial charge in [-0.05, 0) is 23.3 Å². The third kappa shape index (κ3) is 3.74. The van der Waals surface area contributed by atoms with Gasteiger partial charge in [-0.2, -0.15) is 0 Å². The number of hydrogen-bond acceptors (Lipinski definition) is 4. The molecule has 0 saturated heterocycles. The maximum absolute atomic E-state index is 12.3. The Morgan fingerprint density at radius 3 is 2.54 bits per heavy atom. The van der Waals surface area contributed by atoms with Gasteiger partial charge in [0.25, 0.3) is 5.91 Å². The molecule has 0 saturated carbocycles. The first kappa shape index (κ1) is 16.1. The lowest BCUT2D eigenvalue weighted by Crippen LogP contribution is -2.34. The number of carbonyl (C=O) groups is 1. The fourth-order valence-electron chi connectivity index (χ4n) is 2.53. The molecule has 1 heterocycles. The van der Waals surface area contributed by atoms with Crippen molar-refractivity contribution in [3.05, 3.63) is 65.7 Å². The summed E-state index contributed by atoms with van der Waals surface area (Å²) in [4.78, 5) is 19.6. The highest BCUT2D eigenvalue weighted by Crippen LogP contribution is 2.17. The van der Waals surface area contributed by atoms with E-state index in [1.165, 1.54) is 0 Å².